The fourth-order valence-corrected chi connectivity index (χ4v) is 2.70. The highest BCUT2D eigenvalue weighted by molar-refractivity contribution is 6.30. The third kappa shape index (κ3) is 4.54. The Labute approximate surface area is 146 Å². The third-order valence-electron chi connectivity index (χ3n) is 3.79. The van der Waals surface area contributed by atoms with Crippen molar-refractivity contribution < 1.29 is 14.2 Å². The molecule has 1 aliphatic heterocycles. The third-order valence-corrected chi connectivity index (χ3v) is 4.04. The van der Waals surface area contributed by atoms with Gasteiger partial charge in [-0.2, -0.15) is 5.10 Å². The molecule has 0 saturated carbocycles. The molecule has 0 bridgehead atoms. The summed E-state index contributed by atoms with van der Waals surface area (Å²) in [5.41, 5.74) is 0.941. The summed E-state index contributed by atoms with van der Waals surface area (Å²) in [5, 5.41) is 5.35. The van der Waals surface area contributed by atoms with E-state index >= 15 is 0 Å². The normalized spacial score (nSPS) is 18.0. The first kappa shape index (κ1) is 17.4. The number of nitrogens with zero attached hydrogens (tertiary/aromatic N) is 3. The van der Waals surface area contributed by atoms with Crippen LogP contribution in [0.2, 0.25) is 5.02 Å². The summed E-state index contributed by atoms with van der Waals surface area (Å²) in [6, 6.07) is 7.54. The smallest absolute Gasteiger partial charge is 0.181 e. The summed E-state index contributed by atoms with van der Waals surface area (Å²) in [5.74, 6) is 1.58. The Morgan fingerprint density at radius 2 is 2.12 bits per heavy atom. The van der Waals surface area contributed by atoms with Gasteiger partial charge < -0.3 is 14.2 Å². The summed E-state index contributed by atoms with van der Waals surface area (Å²) < 4.78 is 18.6. The van der Waals surface area contributed by atoms with E-state index in [-0.39, 0.29) is 6.10 Å². The highest BCUT2D eigenvalue weighted by Gasteiger charge is 2.19. The molecule has 130 valence electrons. The first-order valence-electron chi connectivity index (χ1n) is 8.23. The minimum Gasteiger partial charge on any atom is -0.381 e. The molecule has 1 aromatic heterocycles. The van der Waals surface area contributed by atoms with Gasteiger partial charge in [0.15, 0.2) is 5.82 Å². The first-order chi connectivity index (χ1) is 11.8. The Kier molecular flexibility index (Phi) is 6.20. The van der Waals surface area contributed by atoms with Gasteiger partial charge in [-0.25, -0.2) is 9.67 Å². The van der Waals surface area contributed by atoms with Crippen molar-refractivity contribution in [3.63, 3.8) is 0 Å². The molecular formula is C17H22ClN3O3. The average molecular weight is 352 g/mol. The molecule has 6 nitrogen and oxygen atoms in total. The number of benzene rings is 1. The van der Waals surface area contributed by atoms with Crippen molar-refractivity contribution >= 4 is 11.6 Å². The summed E-state index contributed by atoms with van der Waals surface area (Å²) in [7, 11) is 0. The van der Waals surface area contributed by atoms with Crippen molar-refractivity contribution in [2.75, 3.05) is 33.0 Å². The molecule has 2 heterocycles. The van der Waals surface area contributed by atoms with Gasteiger partial charge in [0.2, 0.25) is 0 Å². The van der Waals surface area contributed by atoms with Crippen LogP contribution < -0.4 is 0 Å². The Morgan fingerprint density at radius 3 is 2.83 bits per heavy atom. The molecule has 0 radical (unpaired) electrons. The lowest BCUT2D eigenvalue weighted by Crippen LogP contribution is -2.33. The fraction of sp³-hybridized carbons (Fsp3) is 0.529. The average Bonchev–Trinajstić information content (AvgIpc) is 2.99. The van der Waals surface area contributed by atoms with Crippen LogP contribution in [0.1, 0.15) is 12.7 Å². The van der Waals surface area contributed by atoms with E-state index < -0.39 is 0 Å². The minimum atomic E-state index is 0.00404. The molecule has 0 unspecified atom stereocenters. The van der Waals surface area contributed by atoms with Crippen LogP contribution in [0.15, 0.2) is 24.3 Å². The van der Waals surface area contributed by atoms with Gasteiger partial charge in [0.25, 0.3) is 0 Å². The molecule has 3 rings (SSSR count). The maximum Gasteiger partial charge on any atom is 0.181 e. The SMILES string of the molecule is CCOCCc1nc(-c2ccc(Cl)cc2)nn1C[C@@H]1COCCO1. The molecule has 1 aliphatic rings. The second-order valence-corrected chi connectivity index (χ2v) is 5.99. The molecule has 7 heteroatoms. The van der Waals surface area contributed by atoms with Crippen molar-refractivity contribution in [3.05, 3.63) is 35.1 Å². The van der Waals surface area contributed by atoms with Crippen molar-refractivity contribution in [3.8, 4) is 11.4 Å². The number of ether oxygens (including phenoxy) is 3. The number of hydrogen-bond acceptors (Lipinski definition) is 5. The predicted molar refractivity (Wildman–Crippen MR) is 91.2 cm³/mol. The standard InChI is InChI=1S/C17H22ClN3O3/c1-2-22-8-7-16-19-17(13-3-5-14(18)6-4-13)20-21(16)11-15-12-23-9-10-24-15/h3-6,15H,2,7-12H2,1H3/t15-/m1/s1. The zero-order valence-electron chi connectivity index (χ0n) is 13.8. The number of hydrogen-bond donors (Lipinski definition) is 0. The predicted octanol–water partition coefficient (Wildman–Crippen LogP) is 2.59. The number of aromatic nitrogens is 3. The number of halogens is 1. The largest absolute Gasteiger partial charge is 0.381 e. The molecular weight excluding hydrogens is 330 g/mol. The Balaban J connectivity index is 1.79. The quantitative estimate of drug-likeness (QED) is 0.718. The summed E-state index contributed by atoms with van der Waals surface area (Å²) in [4.78, 5) is 4.68. The zero-order chi connectivity index (χ0) is 16.8. The molecule has 0 amide bonds. The summed E-state index contributed by atoms with van der Waals surface area (Å²) >= 11 is 5.96. The lowest BCUT2D eigenvalue weighted by Gasteiger charge is -2.23. The van der Waals surface area contributed by atoms with E-state index in [0.717, 1.165) is 11.4 Å². The van der Waals surface area contributed by atoms with Gasteiger partial charge in [-0.1, -0.05) is 11.6 Å². The highest BCUT2D eigenvalue weighted by atomic mass is 35.5. The van der Waals surface area contributed by atoms with E-state index in [4.69, 9.17) is 25.8 Å². The molecule has 1 fully saturated rings. The second-order valence-electron chi connectivity index (χ2n) is 5.56. The van der Waals surface area contributed by atoms with E-state index in [0.29, 0.717) is 56.8 Å². The van der Waals surface area contributed by atoms with Crippen molar-refractivity contribution in [1.29, 1.82) is 0 Å². The van der Waals surface area contributed by atoms with Crippen molar-refractivity contribution in [1.82, 2.24) is 14.8 Å². The molecule has 2 aromatic rings. The van der Waals surface area contributed by atoms with Gasteiger partial charge in [0.05, 0.1) is 33.0 Å². The molecule has 1 atom stereocenters. The van der Waals surface area contributed by atoms with Gasteiger partial charge in [-0.05, 0) is 31.2 Å². The topological polar surface area (TPSA) is 58.4 Å². The van der Waals surface area contributed by atoms with E-state index in [9.17, 15) is 0 Å². The number of rotatable bonds is 7. The second kappa shape index (κ2) is 8.58. The van der Waals surface area contributed by atoms with Crippen LogP contribution in [0.4, 0.5) is 0 Å². The van der Waals surface area contributed by atoms with Crippen molar-refractivity contribution in [2.45, 2.75) is 26.0 Å². The van der Waals surface area contributed by atoms with Gasteiger partial charge in [0.1, 0.15) is 11.9 Å². The van der Waals surface area contributed by atoms with Crippen LogP contribution in [-0.2, 0) is 27.2 Å². The molecule has 1 saturated heterocycles. The Hall–Kier alpha value is -1.47. The lowest BCUT2D eigenvalue weighted by atomic mass is 10.2. The van der Waals surface area contributed by atoms with Crippen LogP contribution in [0.25, 0.3) is 11.4 Å². The molecule has 24 heavy (non-hydrogen) atoms. The molecule has 0 N–H and O–H groups in total. The summed E-state index contributed by atoms with van der Waals surface area (Å²) in [6.07, 6.45) is 0.714. The van der Waals surface area contributed by atoms with E-state index in [1.165, 1.54) is 0 Å². The van der Waals surface area contributed by atoms with Crippen LogP contribution in [0.3, 0.4) is 0 Å². The zero-order valence-corrected chi connectivity index (χ0v) is 14.5. The van der Waals surface area contributed by atoms with E-state index in [1.807, 2.05) is 35.9 Å². The summed E-state index contributed by atoms with van der Waals surface area (Å²) in [6.45, 7) is 5.79. The lowest BCUT2D eigenvalue weighted by molar-refractivity contribution is -0.0949. The molecule has 0 spiro atoms. The minimum absolute atomic E-state index is 0.00404. The van der Waals surface area contributed by atoms with Crippen LogP contribution in [0.5, 0.6) is 0 Å². The molecule has 0 aliphatic carbocycles. The van der Waals surface area contributed by atoms with Crippen molar-refractivity contribution in [2.24, 2.45) is 0 Å². The fourth-order valence-electron chi connectivity index (χ4n) is 2.57. The van der Waals surface area contributed by atoms with Gasteiger partial charge >= 0.3 is 0 Å². The van der Waals surface area contributed by atoms with Crippen LogP contribution >= 0.6 is 11.6 Å². The monoisotopic (exact) mass is 351 g/mol. The maximum absolute atomic E-state index is 5.96. The van der Waals surface area contributed by atoms with E-state index in [1.54, 1.807) is 0 Å². The Bertz CT molecular complexity index is 639. The van der Waals surface area contributed by atoms with Crippen LogP contribution in [0, 0.1) is 0 Å². The highest BCUT2D eigenvalue weighted by Crippen LogP contribution is 2.19. The Morgan fingerprint density at radius 1 is 1.29 bits per heavy atom. The van der Waals surface area contributed by atoms with E-state index in [2.05, 4.69) is 10.1 Å². The van der Waals surface area contributed by atoms with Crippen LogP contribution in [-0.4, -0.2) is 53.9 Å². The van der Waals surface area contributed by atoms with Gasteiger partial charge in [-0.15, -0.1) is 0 Å². The maximum atomic E-state index is 5.96. The first-order valence-corrected chi connectivity index (χ1v) is 8.61. The van der Waals surface area contributed by atoms with Gasteiger partial charge in [0, 0.05) is 23.6 Å². The van der Waals surface area contributed by atoms with Gasteiger partial charge in [-0.3, -0.25) is 0 Å². The molecule has 1 aromatic carbocycles.